The second-order valence-electron chi connectivity index (χ2n) is 23.2. The molecule has 1 amide bonds. The van der Waals surface area contributed by atoms with Crippen LogP contribution in [0.5, 0.6) is 0 Å². The highest BCUT2D eigenvalue weighted by atomic mass is 16.5. The minimum absolute atomic E-state index is 0.0212. The summed E-state index contributed by atoms with van der Waals surface area (Å²) in [5.74, 6) is -0.00696. The molecule has 0 spiro atoms. The quantitative estimate of drug-likeness (QED) is 0.0417. The summed E-state index contributed by atoms with van der Waals surface area (Å²) in [6.45, 7) is 4.98. The first-order valence-electron chi connectivity index (χ1n) is 33.3. The molecular weight excluding hydrogens is 887 g/mol. The standard InChI is InChI=1S/C66H131NO5/c1-3-5-7-9-11-13-15-35-39-42-46-50-54-58-64(69)63(62-68)67-65(70)59-55-51-47-43-40-36-33-31-29-27-25-23-21-19-17-16-18-20-22-24-26-28-30-32-34-37-41-45-49-53-57-61-72-66(71)60-56-52-48-44-38-14-12-10-8-6-4-2/h63-64,68-69H,3-62H2,1-2H3,(H,67,70). The molecule has 0 aromatic heterocycles. The highest BCUT2D eigenvalue weighted by molar-refractivity contribution is 5.76. The molecule has 3 N–H and O–H groups in total. The molecule has 72 heavy (non-hydrogen) atoms. The van der Waals surface area contributed by atoms with Crippen molar-refractivity contribution < 1.29 is 24.5 Å². The van der Waals surface area contributed by atoms with Gasteiger partial charge in [0.1, 0.15) is 0 Å². The van der Waals surface area contributed by atoms with Gasteiger partial charge in [-0.05, 0) is 25.7 Å². The smallest absolute Gasteiger partial charge is 0.305 e. The molecule has 0 aliphatic rings. The minimum Gasteiger partial charge on any atom is -0.466 e. The Labute approximate surface area is 451 Å². The third-order valence-corrected chi connectivity index (χ3v) is 15.9. The second kappa shape index (κ2) is 62.4. The molecule has 0 heterocycles. The predicted molar refractivity (Wildman–Crippen MR) is 315 cm³/mol. The molecule has 0 aliphatic carbocycles. The fourth-order valence-corrected chi connectivity index (χ4v) is 10.8. The average molecular weight is 1020 g/mol. The van der Waals surface area contributed by atoms with E-state index >= 15 is 0 Å². The SMILES string of the molecule is CCCCCCCCCCCCCCCC(O)C(CO)NC(=O)CCCCCCCCCCCCCCCCCCCCCCCCCCCCCCCCCOC(=O)CCCCCCCCCCCCC. The van der Waals surface area contributed by atoms with Crippen LogP contribution in [0.1, 0.15) is 386 Å². The highest BCUT2D eigenvalue weighted by Gasteiger charge is 2.20. The van der Waals surface area contributed by atoms with Crippen LogP contribution in [0, 0.1) is 0 Å². The maximum absolute atomic E-state index is 12.5. The van der Waals surface area contributed by atoms with Gasteiger partial charge in [-0.3, -0.25) is 9.59 Å². The minimum atomic E-state index is -0.659. The van der Waals surface area contributed by atoms with Gasteiger partial charge in [0.25, 0.3) is 0 Å². The molecule has 0 bridgehead atoms. The van der Waals surface area contributed by atoms with Gasteiger partial charge in [0.15, 0.2) is 0 Å². The number of amides is 1. The van der Waals surface area contributed by atoms with Gasteiger partial charge < -0.3 is 20.3 Å². The predicted octanol–water partition coefficient (Wildman–Crippen LogP) is 21.0. The van der Waals surface area contributed by atoms with Gasteiger partial charge >= 0.3 is 5.97 Å². The lowest BCUT2D eigenvalue weighted by molar-refractivity contribution is -0.143. The molecule has 0 aromatic carbocycles. The van der Waals surface area contributed by atoms with Crippen LogP contribution in [-0.4, -0.2) is 47.4 Å². The molecule has 430 valence electrons. The lowest BCUT2D eigenvalue weighted by Gasteiger charge is -2.22. The molecule has 2 unspecified atom stereocenters. The zero-order chi connectivity index (χ0) is 52.2. The summed E-state index contributed by atoms with van der Waals surface area (Å²) in [6, 6.07) is -0.536. The van der Waals surface area contributed by atoms with Crippen molar-refractivity contribution in [1.29, 1.82) is 0 Å². The summed E-state index contributed by atoms with van der Waals surface area (Å²) in [5, 5.41) is 23.3. The Morgan fingerprint density at radius 1 is 0.333 bits per heavy atom. The van der Waals surface area contributed by atoms with E-state index < -0.39 is 12.1 Å². The highest BCUT2D eigenvalue weighted by Crippen LogP contribution is 2.19. The first-order chi connectivity index (χ1) is 35.5. The van der Waals surface area contributed by atoms with Crippen LogP contribution in [0.4, 0.5) is 0 Å². The Morgan fingerprint density at radius 3 is 0.847 bits per heavy atom. The maximum Gasteiger partial charge on any atom is 0.305 e. The van der Waals surface area contributed by atoms with Gasteiger partial charge in [-0.1, -0.05) is 348 Å². The molecule has 0 saturated carbocycles. The van der Waals surface area contributed by atoms with Crippen molar-refractivity contribution in [3.8, 4) is 0 Å². The summed E-state index contributed by atoms with van der Waals surface area (Å²) in [7, 11) is 0. The normalized spacial score (nSPS) is 12.4. The number of rotatable bonds is 63. The number of unbranched alkanes of at least 4 members (excludes halogenated alkanes) is 52. The van der Waals surface area contributed by atoms with E-state index in [-0.39, 0.29) is 18.5 Å². The fourth-order valence-electron chi connectivity index (χ4n) is 10.8. The van der Waals surface area contributed by atoms with E-state index in [4.69, 9.17) is 4.74 Å². The van der Waals surface area contributed by atoms with E-state index in [1.807, 2.05) is 0 Å². The molecule has 6 heteroatoms. The monoisotopic (exact) mass is 1020 g/mol. The van der Waals surface area contributed by atoms with Crippen LogP contribution < -0.4 is 5.32 Å². The molecule has 0 fully saturated rings. The third-order valence-electron chi connectivity index (χ3n) is 15.9. The number of hydrogen-bond donors (Lipinski definition) is 3. The van der Waals surface area contributed by atoms with Gasteiger partial charge in [-0.2, -0.15) is 0 Å². The van der Waals surface area contributed by atoms with Crippen molar-refractivity contribution in [2.75, 3.05) is 13.2 Å². The first-order valence-corrected chi connectivity index (χ1v) is 33.3. The molecular formula is C66H131NO5. The molecule has 6 nitrogen and oxygen atoms in total. The number of esters is 1. The molecule has 2 atom stereocenters. The van der Waals surface area contributed by atoms with Crippen molar-refractivity contribution in [3.05, 3.63) is 0 Å². The van der Waals surface area contributed by atoms with Crippen LogP contribution in [0.15, 0.2) is 0 Å². The number of hydrogen-bond acceptors (Lipinski definition) is 5. The van der Waals surface area contributed by atoms with Gasteiger partial charge in [0, 0.05) is 12.8 Å². The van der Waals surface area contributed by atoms with Gasteiger partial charge in [-0.25, -0.2) is 0 Å². The van der Waals surface area contributed by atoms with Crippen molar-refractivity contribution in [1.82, 2.24) is 5.32 Å². The summed E-state index contributed by atoms with van der Waals surface area (Å²) in [6.07, 6.45) is 74.3. The third kappa shape index (κ3) is 58.1. The van der Waals surface area contributed by atoms with E-state index in [0.29, 0.717) is 25.9 Å². The Hall–Kier alpha value is -1.14. The summed E-state index contributed by atoms with van der Waals surface area (Å²) < 4.78 is 5.48. The number of aliphatic hydroxyl groups excluding tert-OH is 2. The number of aliphatic hydroxyl groups is 2. The van der Waals surface area contributed by atoms with Crippen molar-refractivity contribution in [2.45, 2.75) is 398 Å². The van der Waals surface area contributed by atoms with Crippen LogP contribution in [0.2, 0.25) is 0 Å². The van der Waals surface area contributed by atoms with Crippen molar-refractivity contribution in [2.24, 2.45) is 0 Å². The van der Waals surface area contributed by atoms with Gasteiger partial charge in [0.2, 0.25) is 5.91 Å². The van der Waals surface area contributed by atoms with E-state index in [0.717, 1.165) is 38.5 Å². The maximum atomic E-state index is 12.5. The summed E-state index contributed by atoms with van der Waals surface area (Å²) >= 11 is 0. The van der Waals surface area contributed by atoms with E-state index in [9.17, 15) is 19.8 Å². The second-order valence-corrected chi connectivity index (χ2v) is 23.2. The number of ether oxygens (including phenoxy) is 1. The zero-order valence-corrected chi connectivity index (χ0v) is 49.2. The summed E-state index contributed by atoms with van der Waals surface area (Å²) in [5.41, 5.74) is 0. The Balaban J connectivity index is 3.30. The van der Waals surface area contributed by atoms with Gasteiger partial charge in [0.05, 0.1) is 25.4 Å². The Kier molecular flexibility index (Phi) is 61.4. The Bertz CT molecular complexity index is 1040. The molecule has 0 aliphatic heterocycles. The molecule has 0 saturated heterocycles. The zero-order valence-electron chi connectivity index (χ0n) is 49.2. The number of carbonyl (C=O) groups excluding carboxylic acids is 2. The van der Waals surface area contributed by atoms with Crippen LogP contribution >= 0.6 is 0 Å². The van der Waals surface area contributed by atoms with E-state index in [1.54, 1.807) is 0 Å². The number of nitrogens with one attached hydrogen (secondary N) is 1. The largest absolute Gasteiger partial charge is 0.466 e. The lowest BCUT2D eigenvalue weighted by Crippen LogP contribution is -2.45. The molecule has 0 aromatic rings. The average Bonchev–Trinajstić information content (AvgIpc) is 3.38. The van der Waals surface area contributed by atoms with E-state index in [1.165, 1.54) is 315 Å². The van der Waals surface area contributed by atoms with Crippen molar-refractivity contribution in [3.63, 3.8) is 0 Å². The first kappa shape index (κ1) is 70.9. The summed E-state index contributed by atoms with van der Waals surface area (Å²) in [4.78, 5) is 24.5. The van der Waals surface area contributed by atoms with Crippen molar-refractivity contribution >= 4 is 11.9 Å². The van der Waals surface area contributed by atoms with E-state index in [2.05, 4.69) is 19.2 Å². The van der Waals surface area contributed by atoms with Crippen LogP contribution in [0.3, 0.4) is 0 Å². The lowest BCUT2D eigenvalue weighted by atomic mass is 10.0. The fraction of sp³-hybridized carbons (Fsp3) is 0.970. The molecule has 0 radical (unpaired) electrons. The van der Waals surface area contributed by atoms with Crippen LogP contribution in [0.25, 0.3) is 0 Å². The van der Waals surface area contributed by atoms with Crippen LogP contribution in [-0.2, 0) is 14.3 Å². The molecule has 0 rings (SSSR count). The number of carbonyl (C=O) groups is 2. The Morgan fingerprint density at radius 2 is 0.569 bits per heavy atom. The van der Waals surface area contributed by atoms with Gasteiger partial charge in [-0.15, -0.1) is 0 Å². The topological polar surface area (TPSA) is 95.9 Å².